The van der Waals surface area contributed by atoms with Crippen molar-refractivity contribution in [3.63, 3.8) is 0 Å². The lowest BCUT2D eigenvalue weighted by Gasteiger charge is -2.19. The van der Waals surface area contributed by atoms with Crippen LogP contribution in [0.25, 0.3) is 17.0 Å². The quantitative estimate of drug-likeness (QED) is 0.389. The maximum Gasteiger partial charge on any atom is 0.251 e. The number of methoxy groups -OCH3 is 1. The van der Waals surface area contributed by atoms with E-state index >= 15 is 0 Å². The Kier molecular flexibility index (Phi) is 6.62. The Morgan fingerprint density at radius 1 is 1.25 bits per heavy atom. The number of carbonyl (C=O) groups excluding carboxylic acids is 1. The van der Waals surface area contributed by atoms with Gasteiger partial charge in [0.05, 0.1) is 42.5 Å². The monoisotopic (exact) mass is 508 g/mol. The number of rotatable bonds is 7. The van der Waals surface area contributed by atoms with Gasteiger partial charge in [0.1, 0.15) is 35.0 Å². The first-order chi connectivity index (χ1) is 17.4. The van der Waals surface area contributed by atoms with Gasteiger partial charge in [-0.15, -0.1) is 0 Å². The molecule has 2 atom stereocenters. The van der Waals surface area contributed by atoms with Gasteiger partial charge in [-0.2, -0.15) is 0 Å². The van der Waals surface area contributed by atoms with Gasteiger partial charge in [0.2, 0.25) is 5.95 Å². The first kappa shape index (κ1) is 23.8. The van der Waals surface area contributed by atoms with Crippen LogP contribution in [0.1, 0.15) is 13.3 Å². The fourth-order valence-electron chi connectivity index (χ4n) is 4.16. The number of benzene rings is 1. The molecule has 1 amide bonds. The van der Waals surface area contributed by atoms with Crippen molar-refractivity contribution in [2.24, 2.45) is 0 Å². The standard InChI is InChI=1S/C25H25ClN6O4/c1-15(33)24(34)31-10-8-17(14-31)36-16-6-7-19(21(11-16)35-2)29-25-28-12-18(26)23(30-25)20-13-27-22-5-3-4-9-32(20)22/h3-7,9,11-13,15,17,33H,8,10,14H2,1-2H3,(H,28,29,30)/t15?,17-/m1/s1. The number of likely N-dealkylation sites (tertiary alicyclic amines) is 1. The van der Waals surface area contributed by atoms with Crippen LogP contribution in [0.4, 0.5) is 11.6 Å². The van der Waals surface area contributed by atoms with E-state index < -0.39 is 6.10 Å². The highest BCUT2D eigenvalue weighted by molar-refractivity contribution is 6.32. The Morgan fingerprint density at radius 3 is 2.92 bits per heavy atom. The number of imidazole rings is 1. The summed E-state index contributed by atoms with van der Waals surface area (Å²) in [5.74, 6) is 1.20. The second kappa shape index (κ2) is 10.00. The second-order valence-corrected chi connectivity index (χ2v) is 8.85. The zero-order valence-corrected chi connectivity index (χ0v) is 20.5. The van der Waals surface area contributed by atoms with Crippen molar-refractivity contribution in [1.82, 2.24) is 24.3 Å². The SMILES string of the molecule is COc1cc(O[C@@H]2CCN(C(=O)C(C)O)C2)ccc1Nc1ncc(Cl)c(-c2cnc3ccccn23)n1. The Morgan fingerprint density at radius 2 is 2.11 bits per heavy atom. The second-order valence-electron chi connectivity index (χ2n) is 8.44. The number of nitrogens with one attached hydrogen (secondary N) is 1. The third kappa shape index (κ3) is 4.77. The molecule has 3 aromatic heterocycles. The van der Waals surface area contributed by atoms with Crippen molar-refractivity contribution >= 4 is 34.8 Å². The molecule has 1 aromatic carbocycles. The van der Waals surface area contributed by atoms with Gasteiger partial charge in [0, 0.05) is 25.2 Å². The number of hydrogen-bond acceptors (Lipinski definition) is 8. The van der Waals surface area contributed by atoms with E-state index in [0.29, 0.717) is 53.4 Å². The molecule has 0 bridgehead atoms. The number of fused-ring (bicyclic) bond motifs is 1. The molecule has 11 heteroatoms. The van der Waals surface area contributed by atoms with Gasteiger partial charge >= 0.3 is 0 Å². The number of nitrogens with zero attached hydrogens (tertiary/aromatic N) is 5. The molecular formula is C25H25ClN6O4. The van der Waals surface area contributed by atoms with E-state index in [2.05, 4.69) is 20.3 Å². The molecule has 0 saturated carbocycles. The van der Waals surface area contributed by atoms with Crippen LogP contribution >= 0.6 is 11.6 Å². The molecule has 0 radical (unpaired) electrons. The lowest BCUT2D eigenvalue weighted by Crippen LogP contribution is -2.37. The molecule has 0 aliphatic carbocycles. The Bertz CT molecular complexity index is 1410. The normalized spacial score (nSPS) is 16.2. The predicted octanol–water partition coefficient (Wildman–Crippen LogP) is 3.56. The van der Waals surface area contributed by atoms with Gasteiger partial charge in [-0.05, 0) is 31.2 Å². The molecule has 1 aliphatic rings. The average Bonchev–Trinajstić information content (AvgIpc) is 3.53. The summed E-state index contributed by atoms with van der Waals surface area (Å²) in [7, 11) is 1.56. The summed E-state index contributed by atoms with van der Waals surface area (Å²) in [6.07, 6.45) is 4.67. The number of amides is 1. The molecule has 1 unspecified atom stereocenters. The maximum absolute atomic E-state index is 12.0. The highest BCUT2D eigenvalue weighted by Gasteiger charge is 2.29. The van der Waals surface area contributed by atoms with Crippen molar-refractivity contribution in [1.29, 1.82) is 0 Å². The summed E-state index contributed by atoms with van der Waals surface area (Å²) in [6.45, 7) is 2.45. The lowest BCUT2D eigenvalue weighted by atomic mass is 10.2. The van der Waals surface area contributed by atoms with E-state index in [4.69, 9.17) is 21.1 Å². The van der Waals surface area contributed by atoms with Crippen LogP contribution in [0.2, 0.25) is 5.02 Å². The minimum atomic E-state index is -1.02. The van der Waals surface area contributed by atoms with Crippen LogP contribution in [-0.4, -0.2) is 67.7 Å². The van der Waals surface area contributed by atoms with Crippen LogP contribution in [0.5, 0.6) is 11.5 Å². The number of carbonyl (C=O) groups is 1. The number of ether oxygens (including phenoxy) is 2. The highest BCUT2D eigenvalue weighted by atomic mass is 35.5. The third-order valence-electron chi connectivity index (χ3n) is 5.94. The van der Waals surface area contributed by atoms with Crippen molar-refractivity contribution in [3.05, 3.63) is 60.0 Å². The van der Waals surface area contributed by atoms with Crippen LogP contribution in [0, 0.1) is 0 Å². The van der Waals surface area contributed by atoms with Gasteiger partial charge in [0.25, 0.3) is 5.91 Å². The van der Waals surface area contributed by atoms with E-state index in [1.807, 2.05) is 40.9 Å². The van der Waals surface area contributed by atoms with Crippen molar-refractivity contribution in [2.45, 2.75) is 25.6 Å². The molecule has 5 rings (SSSR count). The molecule has 36 heavy (non-hydrogen) atoms. The van der Waals surface area contributed by atoms with E-state index in [9.17, 15) is 9.90 Å². The summed E-state index contributed by atoms with van der Waals surface area (Å²) < 4.78 is 13.5. The summed E-state index contributed by atoms with van der Waals surface area (Å²) in [5.41, 5.74) is 2.73. The van der Waals surface area contributed by atoms with Crippen LogP contribution in [-0.2, 0) is 4.79 Å². The molecule has 1 aliphatic heterocycles. The predicted molar refractivity (Wildman–Crippen MR) is 135 cm³/mol. The number of hydrogen-bond donors (Lipinski definition) is 2. The summed E-state index contributed by atoms with van der Waals surface area (Å²) >= 11 is 6.42. The van der Waals surface area contributed by atoms with Crippen molar-refractivity contribution in [3.8, 4) is 22.9 Å². The van der Waals surface area contributed by atoms with Gasteiger partial charge in [-0.1, -0.05) is 17.7 Å². The van der Waals surface area contributed by atoms with E-state index in [-0.39, 0.29) is 12.0 Å². The van der Waals surface area contributed by atoms with E-state index in [1.165, 1.54) is 6.92 Å². The van der Waals surface area contributed by atoms with Gasteiger partial charge in [-0.25, -0.2) is 15.0 Å². The number of pyridine rings is 1. The minimum absolute atomic E-state index is 0.163. The first-order valence-corrected chi connectivity index (χ1v) is 11.8. The Balaban J connectivity index is 1.33. The molecule has 4 heterocycles. The molecule has 1 fully saturated rings. The Labute approximate surface area is 212 Å². The third-order valence-corrected chi connectivity index (χ3v) is 6.22. The molecule has 0 spiro atoms. The topological polar surface area (TPSA) is 114 Å². The van der Waals surface area contributed by atoms with Crippen LogP contribution in [0.3, 0.4) is 0 Å². The number of aromatic nitrogens is 4. The van der Waals surface area contributed by atoms with Crippen molar-refractivity contribution < 1.29 is 19.4 Å². The zero-order chi connectivity index (χ0) is 25.2. The van der Waals surface area contributed by atoms with Crippen LogP contribution < -0.4 is 14.8 Å². The maximum atomic E-state index is 12.0. The molecular weight excluding hydrogens is 484 g/mol. The summed E-state index contributed by atoms with van der Waals surface area (Å²) in [4.78, 5) is 27.0. The van der Waals surface area contributed by atoms with Gasteiger partial charge in [0.15, 0.2) is 0 Å². The first-order valence-electron chi connectivity index (χ1n) is 11.5. The number of aliphatic hydroxyl groups excluding tert-OH is 1. The summed E-state index contributed by atoms with van der Waals surface area (Å²) in [6, 6.07) is 11.1. The van der Waals surface area contributed by atoms with Crippen LogP contribution in [0.15, 0.2) is 55.0 Å². The average molecular weight is 509 g/mol. The fourth-order valence-corrected chi connectivity index (χ4v) is 4.35. The summed E-state index contributed by atoms with van der Waals surface area (Å²) in [5, 5.41) is 13.1. The molecule has 10 nitrogen and oxygen atoms in total. The molecule has 2 N–H and O–H groups in total. The fraction of sp³-hybridized carbons (Fsp3) is 0.280. The smallest absolute Gasteiger partial charge is 0.251 e. The van der Waals surface area contributed by atoms with E-state index in [0.717, 1.165) is 11.3 Å². The molecule has 186 valence electrons. The minimum Gasteiger partial charge on any atom is -0.494 e. The number of anilines is 2. The molecule has 1 saturated heterocycles. The zero-order valence-electron chi connectivity index (χ0n) is 19.8. The number of halogens is 1. The number of aliphatic hydroxyl groups is 1. The Hall–Kier alpha value is -3.89. The van der Waals surface area contributed by atoms with Gasteiger partial charge in [-0.3, -0.25) is 9.20 Å². The van der Waals surface area contributed by atoms with E-state index in [1.54, 1.807) is 30.5 Å². The highest BCUT2D eigenvalue weighted by Crippen LogP contribution is 2.33. The van der Waals surface area contributed by atoms with Gasteiger partial charge < -0.3 is 24.8 Å². The van der Waals surface area contributed by atoms with Crippen molar-refractivity contribution in [2.75, 3.05) is 25.5 Å². The molecule has 4 aromatic rings. The largest absolute Gasteiger partial charge is 0.494 e. The lowest BCUT2D eigenvalue weighted by molar-refractivity contribution is -0.138.